The molecule has 0 fully saturated rings. The van der Waals surface area contributed by atoms with E-state index in [9.17, 15) is 4.79 Å². The molecule has 0 aromatic heterocycles. The number of methoxy groups -OCH3 is 1. The van der Waals surface area contributed by atoms with Crippen molar-refractivity contribution in [3.8, 4) is 11.8 Å². The number of nitrogens with one attached hydrogen (secondary N) is 1. The molecular weight excluding hydrogens is 276 g/mol. The molecule has 0 heterocycles. The predicted octanol–water partition coefficient (Wildman–Crippen LogP) is 3.37. The third kappa shape index (κ3) is 3.44. The fourth-order valence-electron chi connectivity index (χ4n) is 2.17. The molecule has 4 nitrogen and oxygen atoms in total. The van der Waals surface area contributed by atoms with Gasteiger partial charge in [0.25, 0.3) is 5.91 Å². The molecule has 112 valence electrons. The number of aryl methyl sites for hydroxylation is 1. The first-order chi connectivity index (χ1) is 10.5. The Morgan fingerprint density at radius 3 is 2.50 bits per heavy atom. The number of carbonyl (C=O) groups excluding carboxylic acids is 1. The molecular formula is C18H18N2O2. The van der Waals surface area contributed by atoms with E-state index in [1.165, 1.54) is 0 Å². The zero-order chi connectivity index (χ0) is 16.1. The van der Waals surface area contributed by atoms with Gasteiger partial charge in [-0.2, -0.15) is 5.26 Å². The summed E-state index contributed by atoms with van der Waals surface area (Å²) in [6, 6.07) is 14.5. The Hall–Kier alpha value is -2.80. The maximum Gasteiger partial charge on any atom is 0.251 e. The van der Waals surface area contributed by atoms with Gasteiger partial charge in [-0.15, -0.1) is 0 Å². The Labute approximate surface area is 130 Å². The van der Waals surface area contributed by atoms with E-state index in [1.807, 2.05) is 32.0 Å². The van der Waals surface area contributed by atoms with Crippen molar-refractivity contribution in [2.24, 2.45) is 0 Å². The van der Waals surface area contributed by atoms with Crippen molar-refractivity contribution in [3.63, 3.8) is 0 Å². The summed E-state index contributed by atoms with van der Waals surface area (Å²) in [6.07, 6.45) is 0. The van der Waals surface area contributed by atoms with Gasteiger partial charge in [0, 0.05) is 5.56 Å². The summed E-state index contributed by atoms with van der Waals surface area (Å²) in [4.78, 5) is 12.3. The molecule has 0 bridgehead atoms. The average Bonchev–Trinajstić information content (AvgIpc) is 2.55. The van der Waals surface area contributed by atoms with E-state index in [0.29, 0.717) is 16.9 Å². The molecule has 0 aliphatic carbocycles. The van der Waals surface area contributed by atoms with Gasteiger partial charge in [-0.3, -0.25) is 4.79 Å². The maximum atomic E-state index is 12.3. The van der Waals surface area contributed by atoms with Crippen molar-refractivity contribution in [2.75, 3.05) is 7.11 Å². The molecule has 0 spiro atoms. The lowest BCUT2D eigenvalue weighted by atomic mass is 10.1. The predicted molar refractivity (Wildman–Crippen MR) is 84.8 cm³/mol. The lowest BCUT2D eigenvalue weighted by Gasteiger charge is -2.15. The second-order valence-corrected chi connectivity index (χ2v) is 5.11. The number of rotatable bonds is 4. The number of hydrogen-bond donors (Lipinski definition) is 1. The van der Waals surface area contributed by atoms with Crippen molar-refractivity contribution in [2.45, 2.75) is 19.9 Å². The van der Waals surface area contributed by atoms with Crippen molar-refractivity contribution in [3.05, 3.63) is 64.7 Å². The van der Waals surface area contributed by atoms with Crippen LogP contribution in [-0.4, -0.2) is 13.0 Å². The van der Waals surface area contributed by atoms with Crippen LogP contribution in [-0.2, 0) is 0 Å². The lowest BCUT2D eigenvalue weighted by molar-refractivity contribution is 0.0939. The minimum atomic E-state index is -0.157. The van der Waals surface area contributed by atoms with Crippen LogP contribution in [0.25, 0.3) is 0 Å². The van der Waals surface area contributed by atoms with Crippen LogP contribution >= 0.6 is 0 Å². The Kier molecular flexibility index (Phi) is 4.80. The van der Waals surface area contributed by atoms with E-state index < -0.39 is 0 Å². The topological polar surface area (TPSA) is 62.1 Å². The highest BCUT2D eigenvalue weighted by molar-refractivity contribution is 5.95. The number of nitriles is 1. The van der Waals surface area contributed by atoms with E-state index in [1.54, 1.807) is 31.4 Å². The monoisotopic (exact) mass is 294 g/mol. The summed E-state index contributed by atoms with van der Waals surface area (Å²) >= 11 is 0. The van der Waals surface area contributed by atoms with Gasteiger partial charge in [0.1, 0.15) is 5.75 Å². The molecule has 0 aliphatic heterocycles. The summed E-state index contributed by atoms with van der Waals surface area (Å²) in [7, 11) is 1.59. The van der Waals surface area contributed by atoms with Crippen LogP contribution in [0.5, 0.6) is 5.75 Å². The van der Waals surface area contributed by atoms with Gasteiger partial charge in [-0.1, -0.05) is 18.2 Å². The van der Waals surface area contributed by atoms with E-state index in [0.717, 1.165) is 11.1 Å². The van der Waals surface area contributed by atoms with Gasteiger partial charge in [0.2, 0.25) is 0 Å². The second kappa shape index (κ2) is 6.77. The smallest absolute Gasteiger partial charge is 0.251 e. The van der Waals surface area contributed by atoms with Crippen LogP contribution < -0.4 is 10.1 Å². The number of benzene rings is 2. The maximum absolute atomic E-state index is 12.3. The average molecular weight is 294 g/mol. The molecule has 1 unspecified atom stereocenters. The van der Waals surface area contributed by atoms with Gasteiger partial charge < -0.3 is 10.1 Å². The van der Waals surface area contributed by atoms with Gasteiger partial charge in [0.15, 0.2) is 0 Å². The van der Waals surface area contributed by atoms with Crippen molar-refractivity contribution < 1.29 is 9.53 Å². The summed E-state index contributed by atoms with van der Waals surface area (Å²) in [5, 5.41) is 11.7. The molecule has 2 rings (SSSR count). The number of nitrogens with zero attached hydrogens (tertiary/aromatic N) is 1. The molecule has 0 saturated heterocycles. The zero-order valence-corrected chi connectivity index (χ0v) is 12.9. The van der Waals surface area contributed by atoms with E-state index in [-0.39, 0.29) is 11.9 Å². The fraction of sp³-hybridized carbons (Fsp3) is 0.222. The molecule has 1 atom stereocenters. The van der Waals surface area contributed by atoms with Crippen LogP contribution in [0.1, 0.15) is 40.0 Å². The molecule has 0 aliphatic rings. The van der Waals surface area contributed by atoms with Crippen LogP contribution in [0.2, 0.25) is 0 Å². The first kappa shape index (κ1) is 15.6. The quantitative estimate of drug-likeness (QED) is 0.940. The largest absolute Gasteiger partial charge is 0.496 e. The van der Waals surface area contributed by atoms with E-state index >= 15 is 0 Å². The van der Waals surface area contributed by atoms with Crippen molar-refractivity contribution >= 4 is 5.91 Å². The molecule has 2 aromatic rings. The summed E-state index contributed by atoms with van der Waals surface area (Å²) < 4.78 is 5.24. The SMILES string of the molecule is COc1cc(C(=O)NC(C)c2ccc(C#N)cc2)ccc1C. The molecule has 1 amide bonds. The third-order valence-corrected chi connectivity index (χ3v) is 3.56. The standard InChI is InChI=1S/C18H18N2O2/c1-12-4-7-16(10-17(12)22-3)18(21)20-13(2)15-8-5-14(11-19)6-9-15/h4-10,13H,1-3H3,(H,20,21). The van der Waals surface area contributed by atoms with E-state index in [2.05, 4.69) is 11.4 Å². The van der Waals surface area contributed by atoms with Crippen molar-refractivity contribution in [1.82, 2.24) is 5.32 Å². The first-order valence-electron chi connectivity index (χ1n) is 7.00. The zero-order valence-electron chi connectivity index (χ0n) is 12.9. The fourth-order valence-corrected chi connectivity index (χ4v) is 2.17. The number of ether oxygens (including phenoxy) is 1. The van der Waals surface area contributed by atoms with Crippen LogP contribution in [0, 0.1) is 18.3 Å². The number of hydrogen-bond acceptors (Lipinski definition) is 3. The second-order valence-electron chi connectivity index (χ2n) is 5.11. The normalized spacial score (nSPS) is 11.4. The van der Waals surface area contributed by atoms with Crippen LogP contribution in [0.3, 0.4) is 0 Å². The van der Waals surface area contributed by atoms with Crippen molar-refractivity contribution in [1.29, 1.82) is 5.26 Å². The highest BCUT2D eigenvalue weighted by Crippen LogP contribution is 2.20. The highest BCUT2D eigenvalue weighted by atomic mass is 16.5. The Morgan fingerprint density at radius 2 is 1.91 bits per heavy atom. The van der Waals surface area contributed by atoms with Crippen LogP contribution in [0.15, 0.2) is 42.5 Å². The molecule has 22 heavy (non-hydrogen) atoms. The Morgan fingerprint density at radius 1 is 1.23 bits per heavy atom. The summed E-state index contributed by atoms with van der Waals surface area (Å²) in [5.41, 5.74) is 3.10. The molecule has 1 N–H and O–H groups in total. The Balaban J connectivity index is 2.12. The minimum absolute atomic E-state index is 0.146. The van der Waals surface area contributed by atoms with Gasteiger partial charge in [-0.05, 0) is 49.2 Å². The molecule has 0 radical (unpaired) electrons. The molecule has 2 aromatic carbocycles. The molecule has 0 saturated carbocycles. The van der Waals surface area contributed by atoms with E-state index in [4.69, 9.17) is 10.00 Å². The minimum Gasteiger partial charge on any atom is -0.496 e. The van der Waals surface area contributed by atoms with Gasteiger partial charge >= 0.3 is 0 Å². The third-order valence-electron chi connectivity index (χ3n) is 3.56. The lowest BCUT2D eigenvalue weighted by Crippen LogP contribution is -2.26. The summed E-state index contributed by atoms with van der Waals surface area (Å²) in [6.45, 7) is 3.84. The van der Waals surface area contributed by atoms with Crippen LogP contribution in [0.4, 0.5) is 0 Å². The highest BCUT2D eigenvalue weighted by Gasteiger charge is 2.13. The number of carbonyl (C=O) groups is 1. The summed E-state index contributed by atoms with van der Waals surface area (Å²) in [5.74, 6) is 0.536. The van der Waals surface area contributed by atoms with Gasteiger partial charge in [-0.25, -0.2) is 0 Å². The first-order valence-corrected chi connectivity index (χ1v) is 7.00. The Bertz CT molecular complexity index is 715. The van der Waals surface area contributed by atoms with Gasteiger partial charge in [0.05, 0.1) is 24.8 Å². The number of amides is 1. The molecule has 4 heteroatoms.